The lowest BCUT2D eigenvalue weighted by Gasteiger charge is -2.07. The number of carbonyl (C=O) groups excluding carboxylic acids is 1. The highest BCUT2D eigenvalue weighted by Gasteiger charge is 2.60. The van der Waals surface area contributed by atoms with Gasteiger partial charge in [0.25, 0.3) is 0 Å². The van der Waals surface area contributed by atoms with Crippen molar-refractivity contribution in [2.45, 2.75) is 27.7 Å². The van der Waals surface area contributed by atoms with E-state index in [2.05, 4.69) is 44.1 Å². The third-order valence-corrected chi connectivity index (χ3v) is 4.99. The average Bonchev–Trinajstić information content (AvgIpc) is 3.14. The van der Waals surface area contributed by atoms with Crippen LogP contribution in [0.15, 0.2) is 60.3 Å². The first kappa shape index (κ1) is 18.1. The Balaban J connectivity index is 1.69. The first-order valence-electron chi connectivity index (χ1n) is 9.03. The van der Waals surface area contributed by atoms with E-state index >= 15 is 0 Å². The van der Waals surface area contributed by atoms with Gasteiger partial charge in [0.05, 0.1) is 11.6 Å². The van der Waals surface area contributed by atoms with E-state index in [1.54, 1.807) is 6.20 Å². The van der Waals surface area contributed by atoms with Crippen LogP contribution in [0.2, 0.25) is 0 Å². The highest BCUT2D eigenvalue weighted by Crippen LogP contribution is 2.59. The molecular weight excluding hydrogens is 320 g/mol. The zero-order chi connectivity index (χ0) is 18.7. The largest absolute Gasteiger partial charge is 0.326 e. The van der Waals surface area contributed by atoms with Crippen LogP contribution in [0.25, 0.3) is 12.2 Å². The second-order valence-electron chi connectivity index (χ2n) is 7.77. The molecule has 1 aliphatic carbocycles. The Bertz CT molecular complexity index is 846. The first-order chi connectivity index (χ1) is 12.4. The van der Waals surface area contributed by atoms with E-state index in [4.69, 9.17) is 0 Å². The van der Waals surface area contributed by atoms with Gasteiger partial charge in [0.15, 0.2) is 0 Å². The van der Waals surface area contributed by atoms with Crippen LogP contribution in [-0.2, 0) is 4.79 Å². The molecule has 26 heavy (non-hydrogen) atoms. The van der Waals surface area contributed by atoms with Gasteiger partial charge < -0.3 is 5.32 Å². The Morgan fingerprint density at radius 3 is 2.62 bits per heavy atom. The van der Waals surface area contributed by atoms with Crippen molar-refractivity contribution < 1.29 is 4.79 Å². The summed E-state index contributed by atoms with van der Waals surface area (Å²) in [7, 11) is 0. The van der Waals surface area contributed by atoms with Gasteiger partial charge in [-0.25, -0.2) is 0 Å². The summed E-state index contributed by atoms with van der Waals surface area (Å²) in [5.41, 5.74) is 4.06. The molecule has 3 nitrogen and oxygen atoms in total. The van der Waals surface area contributed by atoms with Crippen LogP contribution < -0.4 is 5.32 Å². The maximum atomic E-state index is 12.7. The van der Waals surface area contributed by atoms with E-state index in [0.29, 0.717) is 5.92 Å². The molecule has 1 aliphatic rings. The van der Waals surface area contributed by atoms with E-state index < -0.39 is 0 Å². The minimum absolute atomic E-state index is 0.0256. The van der Waals surface area contributed by atoms with Crippen LogP contribution in [0, 0.1) is 17.3 Å². The van der Waals surface area contributed by atoms with E-state index in [0.717, 1.165) is 16.9 Å². The van der Waals surface area contributed by atoms with Crippen LogP contribution in [0.1, 0.15) is 39.0 Å². The van der Waals surface area contributed by atoms with Crippen LogP contribution >= 0.6 is 0 Å². The topological polar surface area (TPSA) is 42.0 Å². The Hall–Kier alpha value is -2.68. The molecule has 3 heteroatoms. The summed E-state index contributed by atoms with van der Waals surface area (Å²) in [6.07, 6.45) is 7.97. The number of allylic oxidation sites excluding steroid dienone is 2. The number of benzene rings is 1. The fourth-order valence-corrected chi connectivity index (χ4v) is 3.44. The smallest absolute Gasteiger partial charge is 0.228 e. The van der Waals surface area contributed by atoms with Crippen molar-refractivity contribution in [3.8, 4) is 0 Å². The molecule has 1 aromatic carbocycles. The predicted molar refractivity (Wildman–Crippen MR) is 108 cm³/mol. The predicted octanol–water partition coefficient (Wildman–Crippen LogP) is 5.43. The Labute approximate surface area is 155 Å². The summed E-state index contributed by atoms with van der Waals surface area (Å²) in [4.78, 5) is 17.0. The van der Waals surface area contributed by atoms with Crippen molar-refractivity contribution in [1.82, 2.24) is 4.98 Å². The zero-order valence-electron chi connectivity index (χ0n) is 15.9. The lowest BCUT2D eigenvalue weighted by Crippen LogP contribution is -2.16. The molecule has 1 saturated carbocycles. The second-order valence-corrected chi connectivity index (χ2v) is 7.77. The summed E-state index contributed by atoms with van der Waals surface area (Å²) in [6, 6.07) is 13.7. The van der Waals surface area contributed by atoms with Gasteiger partial charge in [0.1, 0.15) is 0 Å². The van der Waals surface area contributed by atoms with Crippen LogP contribution in [0.3, 0.4) is 0 Å². The summed E-state index contributed by atoms with van der Waals surface area (Å²) < 4.78 is 0. The molecule has 1 N–H and O–H groups in total. The standard InChI is InChI=1S/C23H26N2O/c1-16(2)14-20-21(23(20,3)4)22(26)25-19-10-7-8-17(15-19)11-12-18-9-5-6-13-24-18/h5-15,20-21H,1-4H3,(H,25,26)/b12-11+. The normalized spacial score (nSPS) is 20.6. The van der Waals surface area contributed by atoms with E-state index in [9.17, 15) is 4.79 Å². The molecule has 2 atom stereocenters. The molecule has 0 aliphatic heterocycles. The number of carbonyl (C=O) groups is 1. The molecule has 3 rings (SSSR count). The molecule has 0 saturated heterocycles. The minimum Gasteiger partial charge on any atom is -0.326 e. The number of nitrogens with one attached hydrogen (secondary N) is 1. The molecular formula is C23H26N2O. The van der Waals surface area contributed by atoms with Crippen molar-refractivity contribution in [2.24, 2.45) is 17.3 Å². The van der Waals surface area contributed by atoms with Gasteiger partial charge in [-0.1, -0.05) is 49.8 Å². The minimum atomic E-state index is 0.0256. The van der Waals surface area contributed by atoms with Crippen LogP contribution in [-0.4, -0.2) is 10.9 Å². The van der Waals surface area contributed by atoms with E-state index in [1.165, 1.54) is 5.57 Å². The Morgan fingerprint density at radius 2 is 1.92 bits per heavy atom. The second kappa shape index (κ2) is 7.28. The number of nitrogens with zero attached hydrogens (tertiary/aromatic N) is 1. The van der Waals surface area contributed by atoms with E-state index in [1.807, 2.05) is 54.6 Å². The average molecular weight is 346 g/mol. The molecule has 0 bridgehead atoms. The quantitative estimate of drug-likeness (QED) is 0.734. The molecule has 1 aromatic heterocycles. The van der Waals surface area contributed by atoms with Crippen molar-refractivity contribution in [2.75, 3.05) is 5.32 Å². The Morgan fingerprint density at radius 1 is 1.12 bits per heavy atom. The van der Waals surface area contributed by atoms with Gasteiger partial charge in [0, 0.05) is 11.9 Å². The molecule has 2 aromatic rings. The van der Waals surface area contributed by atoms with Gasteiger partial charge in [0.2, 0.25) is 5.91 Å². The van der Waals surface area contributed by atoms with Crippen molar-refractivity contribution in [3.05, 3.63) is 71.6 Å². The molecule has 1 heterocycles. The fraction of sp³-hybridized carbons (Fsp3) is 0.304. The maximum Gasteiger partial charge on any atom is 0.228 e. The number of amides is 1. The molecule has 1 amide bonds. The molecule has 134 valence electrons. The van der Waals surface area contributed by atoms with Crippen LogP contribution in [0.5, 0.6) is 0 Å². The van der Waals surface area contributed by atoms with Gasteiger partial charge in [-0.05, 0) is 61.1 Å². The Kier molecular flexibility index (Phi) is 5.08. The number of aromatic nitrogens is 1. The highest BCUT2D eigenvalue weighted by molar-refractivity contribution is 5.96. The van der Waals surface area contributed by atoms with E-state index in [-0.39, 0.29) is 17.2 Å². The summed E-state index contributed by atoms with van der Waals surface area (Å²) in [6.45, 7) is 8.49. The molecule has 0 spiro atoms. The third kappa shape index (κ3) is 4.10. The summed E-state index contributed by atoms with van der Waals surface area (Å²) in [5.74, 6) is 0.452. The number of anilines is 1. The number of hydrogen-bond donors (Lipinski definition) is 1. The monoisotopic (exact) mass is 346 g/mol. The van der Waals surface area contributed by atoms with Gasteiger partial charge >= 0.3 is 0 Å². The molecule has 2 unspecified atom stereocenters. The fourth-order valence-electron chi connectivity index (χ4n) is 3.44. The lowest BCUT2D eigenvalue weighted by atomic mass is 10.1. The van der Waals surface area contributed by atoms with Crippen LogP contribution in [0.4, 0.5) is 5.69 Å². The first-order valence-corrected chi connectivity index (χ1v) is 9.03. The van der Waals surface area contributed by atoms with Crippen molar-refractivity contribution in [1.29, 1.82) is 0 Å². The van der Waals surface area contributed by atoms with Gasteiger partial charge in [-0.2, -0.15) is 0 Å². The number of pyridine rings is 1. The van der Waals surface area contributed by atoms with Crippen molar-refractivity contribution in [3.63, 3.8) is 0 Å². The zero-order valence-corrected chi connectivity index (χ0v) is 15.9. The van der Waals surface area contributed by atoms with Crippen molar-refractivity contribution >= 4 is 23.7 Å². The SMILES string of the molecule is CC(C)=CC1C(C(=O)Nc2cccc(/C=C/c3ccccn3)c2)C1(C)C. The highest BCUT2D eigenvalue weighted by atomic mass is 16.2. The third-order valence-electron chi connectivity index (χ3n) is 4.99. The van der Waals surface area contributed by atoms with Gasteiger partial charge in [-0.3, -0.25) is 9.78 Å². The number of rotatable bonds is 5. The summed E-state index contributed by atoms with van der Waals surface area (Å²) in [5, 5.41) is 3.08. The lowest BCUT2D eigenvalue weighted by molar-refractivity contribution is -0.118. The number of hydrogen-bond acceptors (Lipinski definition) is 2. The molecule has 1 fully saturated rings. The molecule has 0 radical (unpaired) electrons. The van der Waals surface area contributed by atoms with Gasteiger partial charge in [-0.15, -0.1) is 0 Å². The summed E-state index contributed by atoms with van der Waals surface area (Å²) >= 11 is 0. The maximum absolute atomic E-state index is 12.7.